The molecular weight excluding hydrogens is 500 g/mol. The first-order valence-corrected chi connectivity index (χ1v) is 13.4. The van der Waals surface area contributed by atoms with E-state index in [1.807, 2.05) is 58.2 Å². The quantitative estimate of drug-likeness (QED) is 0.262. The molecule has 1 aliphatic carbocycles. The number of nitrogens with two attached hydrogens (primary N) is 1. The van der Waals surface area contributed by atoms with Crippen LogP contribution in [-0.2, 0) is 0 Å². The van der Waals surface area contributed by atoms with Crippen molar-refractivity contribution in [3.63, 3.8) is 0 Å². The van der Waals surface area contributed by atoms with E-state index in [9.17, 15) is 0 Å². The second kappa shape index (κ2) is 9.03. The highest BCUT2D eigenvalue weighted by atomic mass is 35.5. The van der Waals surface area contributed by atoms with Crippen LogP contribution in [0.4, 0.5) is 5.69 Å². The van der Waals surface area contributed by atoms with Crippen LogP contribution in [0.25, 0.3) is 5.65 Å². The van der Waals surface area contributed by atoms with Gasteiger partial charge in [-0.25, -0.2) is 14.5 Å². The predicted octanol–water partition coefficient (Wildman–Crippen LogP) is 6.64. The molecule has 1 aliphatic heterocycles. The molecule has 37 heavy (non-hydrogen) atoms. The molecule has 182 valence electrons. The summed E-state index contributed by atoms with van der Waals surface area (Å²) in [7, 11) is 0. The van der Waals surface area contributed by atoms with Crippen molar-refractivity contribution in [2.75, 3.05) is 5.01 Å². The Morgan fingerprint density at radius 1 is 0.919 bits per heavy atom. The molecule has 8 heteroatoms. The van der Waals surface area contributed by atoms with Gasteiger partial charge in [0, 0.05) is 44.8 Å². The lowest BCUT2D eigenvalue weighted by Gasteiger charge is -2.33. The van der Waals surface area contributed by atoms with Gasteiger partial charge in [0.1, 0.15) is 11.2 Å². The molecule has 1 atom stereocenters. The van der Waals surface area contributed by atoms with Crippen LogP contribution in [0.15, 0.2) is 106 Å². The molecule has 5 aromatic rings. The normalized spacial score (nSPS) is 17.1. The largest absolute Gasteiger partial charge is 0.306 e. The Labute approximate surface area is 223 Å². The molecule has 1 saturated carbocycles. The van der Waals surface area contributed by atoms with E-state index < -0.39 is 6.17 Å². The minimum absolute atomic E-state index is 0.393. The average Bonchev–Trinajstić information content (AvgIpc) is 3.69. The van der Waals surface area contributed by atoms with Gasteiger partial charge >= 0.3 is 0 Å². The van der Waals surface area contributed by atoms with Gasteiger partial charge in [-0.1, -0.05) is 59.8 Å². The smallest absolute Gasteiger partial charge is 0.156 e. The Morgan fingerprint density at radius 3 is 2.49 bits per heavy atom. The number of benzene rings is 3. The van der Waals surface area contributed by atoms with E-state index in [-0.39, 0.29) is 0 Å². The molecule has 0 saturated heterocycles. The van der Waals surface area contributed by atoms with Gasteiger partial charge in [0.2, 0.25) is 0 Å². The monoisotopic (exact) mass is 522 g/mol. The lowest BCUT2D eigenvalue weighted by molar-refractivity contribution is 0.657. The van der Waals surface area contributed by atoms with Gasteiger partial charge in [-0.15, -0.1) is 0 Å². The highest BCUT2D eigenvalue weighted by Crippen LogP contribution is 2.40. The molecule has 0 bridgehead atoms. The van der Waals surface area contributed by atoms with Gasteiger partial charge in [0.05, 0.1) is 17.1 Å². The van der Waals surface area contributed by atoms with Gasteiger partial charge in [-0.3, -0.25) is 0 Å². The van der Waals surface area contributed by atoms with Gasteiger partial charge in [0.25, 0.3) is 0 Å². The van der Waals surface area contributed by atoms with E-state index in [1.165, 1.54) is 12.8 Å². The van der Waals surface area contributed by atoms with Crippen molar-refractivity contribution in [1.29, 1.82) is 0 Å². The summed E-state index contributed by atoms with van der Waals surface area (Å²) < 4.78 is 1.95. The summed E-state index contributed by atoms with van der Waals surface area (Å²) in [5, 5.41) is 13.4. The van der Waals surface area contributed by atoms with Crippen molar-refractivity contribution in [3.05, 3.63) is 119 Å². The van der Waals surface area contributed by atoms with Gasteiger partial charge in [0.15, 0.2) is 5.65 Å². The number of rotatable bonds is 5. The molecular formula is C29H23ClN6S. The van der Waals surface area contributed by atoms with E-state index >= 15 is 0 Å². The van der Waals surface area contributed by atoms with Gasteiger partial charge in [-0.2, -0.15) is 10.2 Å². The SMILES string of the molecule is NC1c2ccccc2C(c2ccc(Cl)cc2)=NN1c1ccc(Sc2ccnc3cc(C4CC4)nn23)cc1. The topological polar surface area (TPSA) is 71.8 Å². The van der Waals surface area contributed by atoms with Crippen LogP contribution >= 0.6 is 23.4 Å². The van der Waals surface area contributed by atoms with E-state index in [0.29, 0.717) is 10.9 Å². The second-order valence-electron chi connectivity index (χ2n) is 9.32. The molecule has 0 radical (unpaired) electrons. The first kappa shape index (κ1) is 22.5. The maximum atomic E-state index is 6.72. The number of hydrogen-bond acceptors (Lipinski definition) is 6. The summed E-state index contributed by atoms with van der Waals surface area (Å²) in [6.07, 6.45) is 3.90. The number of fused-ring (bicyclic) bond motifs is 2. The lowest BCUT2D eigenvalue weighted by Crippen LogP contribution is -2.36. The molecule has 3 heterocycles. The summed E-state index contributed by atoms with van der Waals surface area (Å²) in [5.41, 5.74) is 13.6. The maximum Gasteiger partial charge on any atom is 0.156 e. The lowest BCUT2D eigenvalue weighted by atomic mass is 9.94. The van der Waals surface area contributed by atoms with E-state index in [0.717, 1.165) is 49.4 Å². The van der Waals surface area contributed by atoms with E-state index in [1.54, 1.807) is 11.8 Å². The van der Waals surface area contributed by atoms with Crippen LogP contribution < -0.4 is 10.7 Å². The van der Waals surface area contributed by atoms with Crippen molar-refractivity contribution in [1.82, 2.24) is 14.6 Å². The number of aromatic nitrogens is 3. The summed E-state index contributed by atoms with van der Waals surface area (Å²) in [6.45, 7) is 0. The zero-order valence-corrected chi connectivity index (χ0v) is 21.4. The molecule has 3 aromatic carbocycles. The third kappa shape index (κ3) is 4.19. The Hall–Kier alpha value is -3.65. The fourth-order valence-electron chi connectivity index (χ4n) is 4.70. The summed E-state index contributed by atoms with van der Waals surface area (Å²) in [5.74, 6) is 0.594. The van der Waals surface area contributed by atoms with Crippen LogP contribution in [0.2, 0.25) is 5.02 Å². The van der Waals surface area contributed by atoms with Crippen LogP contribution in [-0.4, -0.2) is 20.3 Å². The van der Waals surface area contributed by atoms with Crippen molar-refractivity contribution in [2.24, 2.45) is 10.8 Å². The average molecular weight is 523 g/mol. The van der Waals surface area contributed by atoms with Crippen molar-refractivity contribution in [3.8, 4) is 0 Å². The van der Waals surface area contributed by atoms with E-state index in [2.05, 4.69) is 47.4 Å². The molecule has 6 nitrogen and oxygen atoms in total. The van der Waals surface area contributed by atoms with Gasteiger partial charge in [-0.05, 0) is 55.3 Å². The summed E-state index contributed by atoms with van der Waals surface area (Å²) >= 11 is 7.81. The fraction of sp³-hybridized carbons (Fsp3) is 0.138. The van der Waals surface area contributed by atoms with Gasteiger partial charge < -0.3 is 5.73 Å². The third-order valence-electron chi connectivity index (χ3n) is 6.78. The standard InChI is InChI=1S/C29H23ClN6S/c30-20-9-7-19(8-10-20)28-23-3-1-2-4-24(23)29(31)35(34-28)21-11-13-22(14-12-21)37-27-15-16-32-26-17-25(18-5-6-18)33-36(26)27/h1-4,7-18,29H,5-6,31H2. The zero-order valence-electron chi connectivity index (χ0n) is 19.8. The number of nitrogens with zero attached hydrogens (tertiary/aromatic N) is 5. The minimum Gasteiger partial charge on any atom is -0.306 e. The molecule has 2 aromatic heterocycles. The highest BCUT2D eigenvalue weighted by Gasteiger charge is 2.28. The zero-order chi connectivity index (χ0) is 24.9. The van der Waals surface area contributed by atoms with Crippen LogP contribution in [0.1, 0.15) is 47.3 Å². The van der Waals surface area contributed by atoms with Crippen molar-refractivity contribution in [2.45, 2.75) is 34.8 Å². The maximum absolute atomic E-state index is 6.72. The Balaban J connectivity index is 1.21. The molecule has 2 aliphatic rings. The molecule has 7 rings (SSSR count). The Bertz CT molecular complexity index is 1640. The van der Waals surface area contributed by atoms with Crippen molar-refractivity contribution >= 4 is 40.4 Å². The molecule has 1 fully saturated rings. The number of anilines is 1. The Kier molecular flexibility index (Phi) is 5.50. The number of hydrogen-bond donors (Lipinski definition) is 1. The second-order valence-corrected chi connectivity index (χ2v) is 10.9. The number of hydrazone groups is 1. The number of halogens is 1. The molecule has 0 spiro atoms. The van der Waals surface area contributed by atoms with E-state index in [4.69, 9.17) is 27.5 Å². The Morgan fingerprint density at radius 2 is 1.70 bits per heavy atom. The summed E-state index contributed by atoms with van der Waals surface area (Å²) in [6, 6.07) is 28.4. The minimum atomic E-state index is -0.393. The molecule has 2 N–H and O–H groups in total. The summed E-state index contributed by atoms with van der Waals surface area (Å²) in [4.78, 5) is 5.60. The molecule has 1 unspecified atom stereocenters. The van der Waals surface area contributed by atoms with Crippen LogP contribution in [0.5, 0.6) is 0 Å². The highest BCUT2D eigenvalue weighted by molar-refractivity contribution is 7.99. The van der Waals surface area contributed by atoms with Crippen LogP contribution in [0.3, 0.4) is 0 Å². The third-order valence-corrected chi connectivity index (χ3v) is 8.06. The first-order chi connectivity index (χ1) is 18.1. The first-order valence-electron chi connectivity index (χ1n) is 12.3. The molecule has 0 amide bonds. The van der Waals surface area contributed by atoms with Crippen LogP contribution in [0, 0.1) is 0 Å². The fourth-order valence-corrected chi connectivity index (χ4v) is 5.69. The predicted molar refractivity (Wildman–Crippen MR) is 148 cm³/mol. The van der Waals surface area contributed by atoms with Crippen molar-refractivity contribution < 1.29 is 0 Å².